The topological polar surface area (TPSA) is 102 Å². The fourth-order valence-electron chi connectivity index (χ4n) is 4.95. The van der Waals surface area contributed by atoms with E-state index in [9.17, 15) is 19.5 Å². The number of amides is 1. The number of likely N-dealkylation sites (tertiary alicyclic amines) is 1. The van der Waals surface area contributed by atoms with Crippen molar-refractivity contribution in [3.63, 3.8) is 0 Å². The summed E-state index contributed by atoms with van der Waals surface area (Å²) < 4.78 is 16.9. The molecule has 0 bridgehead atoms. The summed E-state index contributed by atoms with van der Waals surface area (Å²) in [4.78, 5) is 39.2. The van der Waals surface area contributed by atoms with E-state index < -0.39 is 11.4 Å². The van der Waals surface area contributed by atoms with Crippen LogP contribution in [0.4, 0.5) is 0 Å². The minimum atomic E-state index is -1.30. The molecule has 33 heavy (non-hydrogen) atoms. The number of carboxylic acids is 1. The predicted octanol–water partition coefficient (Wildman–Crippen LogP) is 3.44. The predicted molar refractivity (Wildman–Crippen MR) is 121 cm³/mol. The van der Waals surface area contributed by atoms with Gasteiger partial charge in [0, 0.05) is 18.5 Å². The zero-order valence-electron chi connectivity index (χ0n) is 19.0. The number of nitrogens with zero attached hydrogens (tertiary/aromatic N) is 1. The number of piperidine rings is 1. The van der Waals surface area contributed by atoms with Crippen molar-refractivity contribution in [1.29, 1.82) is 0 Å². The first-order valence-corrected chi connectivity index (χ1v) is 10.9. The van der Waals surface area contributed by atoms with E-state index in [-0.39, 0.29) is 17.5 Å². The van der Waals surface area contributed by atoms with Gasteiger partial charge in [-0.1, -0.05) is 0 Å². The number of hydrogen-bond acceptors (Lipinski definition) is 6. The number of carbonyl (C=O) groups excluding carboxylic acids is 1. The third-order valence-electron chi connectivity index (χ3n) is 6.47. The van der Waals surface area contributed by atoms with Crippen molar-refractivity contribution >= 4 is 11.9 Å². The molecule has 4 rings (SSSR count). The number of aryl methyl sites for hydroxylation is 1. The highest BCUT2D eigenvalue weighted by atomic mass is 16.5. The molecule has 1 fully saturated rings. The van der Waals surface area contributed by atoms with Crippen molar-refractivity contribution in [3.8, 4) is 28.4 Å². The number of fused-ring (bicyclic) bond motifs is 3. The Bertz CT molecular complexity index is 1170. The Morgan fingerprint density at radius 2 is 1.76 bits per heavy atom. The van der Waals surface area contributed by atoms with E-state index >= 15 is 0 Å². The Hall–Kier alpha value is -3.55. The van der Waals surface area contributed by atoms with Gasteiger partial charge in [-0.25, -0.2) is 4.79 Å². The number of aromatic carboxylic acids is 1. The second-order valence-corrected chi connectivity index (χ2v) is 8.21. The molecule has 2 aromatic rings. The summed E-state index contributed by atoms with van der Waals surface area (Å²) in [5.74, 6) is 0.0961. The number of methoxy groups -OCH3 is 3. The average Bonchev–Trinajstić information content (AvgIpc) is 3.07. The second kappa shape index (κ2) is 9.13. The van der Waals surface area contributed by atoms with Gasteiger partial charge in [0.25, 0.3) is 0 Å². The number of hydrogen-bond donors (Lipinski definition) is 1. The standard InChI is InChI=1S/C25H27NO7/c1-31-20-12-14-7-9-18(26-11-5-4-6-21(26)28)16-13-17(25(29)30)19(27)10-8-15(16)22(14)24(33-3)23(20)32-2/h8,10,12-13,18H,4-7,9,11H2,1-3H3,(H,29,30). The summed E-state index contributed by atoms with van der Waals surface area (Å²) in [5, 5.41) is 9.70. The molecule has 1 unspecified atom stereocenters. The molecule has 1 amide bonds. The van der Waals surface area contributed by atoms with E-state index in [1.54, 1.807) is 13.2 Å². The highest BCUT2D eigenvalue weighted by Crippen LogP contribution is 2.51. The average molecular weight is 453 g/mol. The van der Waals surface area contributed by atoms with Gasteiger partial charge in [-0.2, -0.15) is 0 Å². The van der Waals surface area contributed by atoms with Crippen LogP contribution in [0.5, 0.6) is 17.2 Å². The van der Waals surface area contributed by atoms with Crippen LogP contribution in [-0.4, -0.2) is 49.8 Å². The zero-order chi connectivity index (χ0) is 23.7. The van der Waals surface area contributed by atoms with Crippen LogP contribution in [0.3, 0.4) is 0 Å². The van der Waals surface area contributed by atoms with E-state index in [1.807, 2.05) is 11.0 Å². The van der Waals surface area contributed by atoms with Crippen molar-refractivity contribution < 1.29 is 28.9 Å². The first-order chi connectivity index (χ1) is 15.9. The van der Waals surface area contributed by atoms with Crippen LogP contribution >= 0.6 is 0 Å². The number of ether oxygens (including phenoxy) is 3. The highest BCUT2D eigenvalue weighted by Gasteiger charge is 2.34. The Labute approximate surface area is 191 Å². The third kappa shape index (κ3) is 3.90. The molecular formula is C25H27NO7. The molecule has 1 saturated heterocycles. The third-order valence-corrected chi connectivity index (χ3v) is 6.47. The molecule has 0 spiro atoms. The van der Waals surface area contributed by atoms with Crippen molar-refractivity contribution in [2.75, 3.05) is 27.9 Å². The lowest BCUT2D eigenvalue weighted by Crippen LogP contribution is -2.38. The molecular weight excluding hydrogens is 426 g/mol. The fraction of sp³-hybridized carbons (Fsp3) is 0.400. The molecule has 1 aliphatic heterocycles. The van der Waals surface area contributed by atoms with E-state index in [4.69, 9.17) is 14.2 Å². The number of rotatable bonds is 5. The first kappa shape index (κ1) is 22.6. The second-order valence-electron chi connectivity index (χ2n) is 8.21. The number of carbonyl (C=O) groups is 2. The van der Waals surface area contributed by atoms with Gasteiger partial charge in [0.2, 0.25) is 11.7 Å². The highest BCUT2D eigenvalue weighted by molar-refractivity contribution is 5.90. The molecule has 0 saturated carbocycles. The molecule has 0 aromatic heterocycles. The minimum absolute atomic E-state index is 0.0380. The van der Waals surface area contributed by atoms with Crippen molar-refractivity contribution in [3.05, 3.63) is 51.2 Å². The van der Waals surface area contributed by atoms with E-state index in [0.29, 0.717) is 59.7 Å². The van der Waals surface area contributed by atoms with E-state index in [0.717, 1.165) is 18.4 Å². The molecule has 8 nitrogen and oxygen atoms in total. The fourth-order valence-corrected chi connectivity index (χ4v) is 4.95. The van der Waals surface area contributed by atoms with Crippen LogP contribution in [0, 0.1) is 0 Å². The summed E-state index contributed by atoms with van der Waals surface area (Å²) in [5.41, 5.74) is 1.97. The van der Waals surface area contributed by atoms with Crippen molar-refractivity contribution in [2.24, 2.45) is 0 Å². The van der Waals surface area contributed by atoms with Gasteiger partial charge in [-0.05, 0) is 66.6 Å². The maximum atomic E-state index is 12.9. The van der Waals surface area contributed by atoms with Gasteiger partial charge in [0.05, 0.1) is 27.4 Å². The lowest BCUT2D eigenvalue weighted by Gasteiger charge is -2.35. The molecule has 2 aromatic carbocycles. The lowest BCUT2D eigenvalue weighted by atomic mass is 9.94. The van der Waals surface area contributed by atoms with Gasteiger partial charge in [-0.3, -0.25) is 9.59 Å². The first-order valence-electron chi connectivity index (χ1n) is 10.9. The summed E-state index contributed by atoms with van der Waals surface area (Å²) in [7, 11) is 4.59. The summed E-state index contributed by atoms with van der Waals surface area (Å²) in [6.07, 6.45) is 3.35. The maximum Gasteiger partial charge on any atom is 0.339 e. The smallest absolute Gasteiger partial charge is 0.339 e. The minimum Gasteiger partial charge on any atom is -0.493 e. The lowest BCUT2D eigenvalue weighted by molar-refractivity contribution is -0.136. The summed E-state index contributed by atoms with van der Waals surface area (Å²) in [6.45, 7) is 0.592. The summed E-state index contributed by atoms with van der Waals surface area (Å²) >= 11 is 0. The Morgan fingerprint density at radius 3 is 2.39 bits per heavy atom. The molecule has 1 aliphatic carbocycles. The quantitative estimate of drug-likeness (QED) is 0.740. The largest absolute Gasteiger partial charge is 0.493 e. The van der Waals surface area contributed by atoms with Crippen LogP contribution in [-0.2, 0) is 11.2 Å². The van der Waals surface area contributed by atoms with Crippen molar-refractivity contribution in [1.82, 2.24) is 4.90 Å². The molecule has 1 heterocycles. The van der Waals surface area contributed by atoms with Gasteiger partial charge in [0.1, 0.15) is 5.56 Å². The summed E-state index contributed by atoms with van der Waals surface area (Å²) in [6, 6.07) is 5.83. The molecule has 1 N–H and O–H groups in total. The number of carboxylic acid groups (broad SMARTS) is 1. The van der Waals surface area contributed by atoms with Crippen molar-refractivity contribution in [2.45, 2.75) is 38.1 Å². The maximum absolute atomic E-state index is 12.9. The molecule has 2 aliphatic rings. The van der Waals surface area contributed by atoms with Gasteiger partial charge in [-0.15, -0.1) is 0 Å². The van der Waals surface area contributed by atoms with Crippen LogP contribution in [0.15, 0.2) is 29.1 Å². The van der Waals surface area contributed by atoms with E-state index in [2.05, 4.69) is 0 Å². The Kier molecular flexibility index (Phi) is 6.26. The molecule has 0 radical (unpaired) electrons. The van der Waals surface area contributed by atoms with Crippen LogP contribution in [0.2, 0.25) is 0 Å². The Balaban J connectivity index is 2.07. The molecule has 1 atom stereocenters. The molecule has 174 valence electrons. The Morgan fingerprint density at radius 1 is 1.00 bits per heavy atom. The van der Waals surface area contributed by atoms with Gasteiger partial charge in [0.15, 0.2) is 16.9 Å². The van der Waals surface area contributed by atoms with Crippen LogP contribution in [0.25, 0.3) is 11.1 Å². The van der Waals surface area contributed by atoms with Gasteiger partial charge >= 0.3 is 5.97 Å². The zero-order valence-corrected chi connectivity index (χ0v) is 19.0. The van der Waals surface area contributed by atoms with Crippen LogP contribution < -0.4 is 19.6 Å². The molecule has 8 heteroatoms. The van der Waals surface area contributed by atoms with E-state index in [1.165, 1.54) is 26.4 Å². The van der Waals surface area contributed by atoms with Crippen LogP contribution in [0.1, 0.15) is 53.2 Å². The normalized spacial score (nSPS) is 17.5. The SMILES string of the molecule is COc1cc2c(c(OC)c1OC)-c1ccc(=O)c(C(=O)O)cc1C(N1CCCCC1=O)CC2. The van der Waals surface area contributed by atoms with Gasteiger partial charge < -0.3 is 24.2 Å². The number of benzene rings is 1. The monoisotopic (exact) mass is 453 g/mol.